The molecule has 0 saturated heterocycles. The molecule has 6 heteroatoms. The van der Waals surface area contributed by atoms with Crippen molar-refractivity contribution in [1.82, 2.24) is 0 Å². The lowest BCUT2D eigenvalue weighted by molar-refractivity contribution is -0.167. The van der Waals surface area contributed by atoms with E-state index in [1.165, 1.54) is 64.2 Å². The van der Waals surface area contributed by atoms with Crippen molar-refractivity contribution >= 4 is 17.9 Å². The molecule has 0 spiro atoms. The Hall–Kier alpha value is -3.93. The molecule has 1 unspecified atom stereocenters. The van der Waals surface area contributed by atoms with Crippen LogP contribution >= 0.6 is 0 Å². The highest BCUT2D eigenvalue weighted by molar-refractivity contribution is 5.71. The van der Waals surface area contributed by atoms with Crippen LogP contribution < -0.4 is 0 Å². The Bertz CT molecular complexity index is 1390. The number of ether oxygens (including phenoxy) is 3. The second-order valence-corrected chi connectivity index (χ2v) is 17.7. The van der Waals surface area contributed by atoms with Gasteiger partial charge in [0.05, 0.1) is 0 Å². The molecule has 0 N–H and O–H groups in total. The van der Waals surface area contributed by atoms with Gasteiger partial charge >= 0.3 is 17.9 Å². The summed E-state index contributed by atoms with van der Waals surface area (Å²) in [6.07, 6.45) is 73.6. The molecule has 0 aliphatic heterocycles. The molecule has 0 aliphatic carbocycles. The van der Waals surface area contributed by atoms with Crippen molar-refractivity contribution in [3.63, 3.8) is 0 Å². The topological polar surface area (TPSA) is 78.9 Å². The van der Waals surface area contributed by atoms with Crippen LogP contribution in [-0.2, 0) is 28.6 Å². The molecule has 1 atom stereocenters. The van der Waals surface area contributed by atoms with Gasteiger partial charge in [0.25, 0.3) is 0 Å². The lowest BCUT2D eigenvalue weighted by Gasteiger charge is -2.18. The highest BCUT2D eigenvalue weighted by Crippen LogP contribution is 2.13. The maximum absolute atomic E-state index is 12.8. The molecule has 0 aromatic carbocycles. The zero-order valence-electron chi connectivity index (χ0n) is 43.4. The minimum atomic E-state index is -0.800. The molecule has 0 aliphatic rings. The second-order valence-electron chi connectivity index (χ2n) is 17.7. The van der Waals surface area contributed by atoms with E-state index in [-0.39, 0.29) is 31.1 Å². The van der Waals surface area contributed by atoms with Gasteiger partial charge in [-0.3, -0.25) is 14.4 Å². The molecule has 0 saturated carbocycles. The summed E-state index contributed by atoms with van der Waals surface area (Å²) in [5.74, 6) is -0.954. The van der Waals surface area contributed by atoms with E-state index >= 15 is 0 Å². The SMILES string of the molecule is CC/C=C\C/C=C\C/C=C\C/C=C\C/C=C\C/C=C\C/C=C\CCCCCC(=O)OCC(COC(=O)CCCCCCC/C=C\CCCC)OC(=O)CCCCCCC/C=C\CCCCCC. The van der Waals surface area contributed by atoms with Crippen LogP contribution in [0.3, 0.4) is 0 Å². The first-order valence-corrected chi connectivity index (χ1v) is 27.4. The van der Waals surface area contributed by atoms with Crippen LogP contribution in [0.4, 0.5) is 0 Å². The number of unbranched alkanes of at least 4 members (excludes halogenated alkanes) is 19. The molecule has 67 heavy (non-hydrogen) atoms. The number of carbonyl (C=O) groups excluding carboxylic acids is 3. The summed E-state index contributed by atoms with van der Waals surface area (Å²) in [6, 6.07) is 0. The molecule has 380 valence electrons. The van der Waals surface area contributed by atoms with Crippen molar-refractivity contribution in [3.05, 3.63) is 109 Å². The third-order valence-electron chi connectivity index (χ3n) is 11.2. The fourth-order valence-corrected chi connectivity index (χ4v) is 7.10. The Morgan fingerprint density at radius 1 is 0.313 bits per heavy atom. The summed E-state index contributed by atoms with van der Waals surface area (Å²) in [7, 11) is 0. The van der Waals surface area contributed by atoms with Crippen molar-refractivity contribution in [2.45, 2.75) is 245 Å². The Kier molecular flexibility index (Phi) is 51.5. The zero-order chi connectivity index (χ0) is 48.6. The Morgan fingerprint density at radius 2 is 0.597 bits per heavy atom. The summed E-state index contributed by atoms with van der Waals surface area (Å²) in [5.41, 5.74) is 0. The summed E-state index contributed by atoms with van der Waals surface area (Å²) < 4.78 is 16.8. The highest BCUT2D eigenvalue weighted by Gasteiger charge is 2.19. The number of carbonyl (C=O) groups is 3. The monoisotopic (exact) mass is 929 g/mol. The predicted octanol–water partition coefficient (Wildman–Crippen LogP) is 18.3. The van der Waals surface area contributed by atoms with Crippen LogP contribution in [-0.4, -0.2) is 37.2 Å². The van der Waals surface area contributed by atoms with Gasteiger partial charge in [0, 0.05) is 19.3 Å². The molecule has 0 aromatic rings. The molecule has 0 fully saturated rings. The van der Waals surface area contributed by atoms with Crippen LogP contribution in [0.2, 0.25) is 0 Å². The van der Waals surface area contributed by atoms with Gasteiger partial charge in [0.1, 0.15) is 13.2 Å². The third kappa shape index (κ3) is 52.9. The summed E-state index contributed by atoms with van der Waals surface area (Å²) >= 11 is 0. The van der Waals surface area contributed by atoms with Crippen molar-refractivity contribution in [1.29, 1.82) is 0 Å². The molecule has 0 bridgehead atoms. The van der Waals surface area contributed by atoms with Crippen molar-refractivity contribution in [3.8, 4) is 0 Å². The van der Waals surface area contributed by atoms with Gasteiger partial charge in [-0.1, -0.05) is 207 Å². The normalized spacial score (nSPS) is 12.9. The van der Waals surface area contributed by atoms with E-state index in [1.54, 1.807) is 0 Å². The van der Waals surface area contributed by atoms with E-state index in [1.807, 2.05) is 0 Å². The predicted molar refractivity (Wildman–Crippen MR) is 288 cm³/mol. The molecular formula is C61H100O6. The molecular weight excluding hydrogens is 829 g/mol. The van der Waals surface area contributed by atoms with Crippen molar-refractivity contribution < 1.29 is 28.6 Å². The fourth-order valence-electron chi connectivity index (χ4n) is 7.10. The number of hydrogen-bond donors (Lipinski definition) is 0. The average molecular weight is 929 g/mol. The van der Waals surface area contributed by atoms with Gasteiger partial charge in [0.15, 0.2) is 6.10 Å². The number of rotatable bonds is 48. The first kappa shape index (κ1) is 63.1. The summed E-state index contributed by atoms with van der Waals surface area (Å²) in [4.78, 5) is 38.0. The maximum Gasteiger partial charge on any atom is 0.306 e. The number of hydrogen-bond acceptors (Lipinski definition) is 6. The van der Waals surface area contributed by atoms with E-state index in [0.717, 1.165) is 135 Å². The van der Waals surface area contributed by atoms with Crippen LogP contribution in [0.5, 0.6) is 0 Å². The van der Waals surface area contributed by atoms with Gasteiger partial charge in [0.2, 0.25) is 0 Å². The summed E-state index contributed by atoms with van der Waals surface area (Å²) in [5, 5.41) is 0. The Labute approximate surface area is 412 Å². The van der Waals surface area contributed by atoms with E-state index < -0.39 is 6.10 Å². The minimum absolute atomic E-state index is 0.0980. The van der Waals surface area contributed by atoms with Crippen LogP contribution in [0.15, 0.2) is 109 Å². The van der Waals surface area contributed by atoms with Crippen LogP contribution in [0.1, 0.15) is 239 Å². The summed E-state index contributed by atoms with van der Waals surface area (Å²) in [6.45, 7) is 6.42. The quantitative estimate of drug-likeness (QED) is 0.0262. The molecule has 0 amide bonds. The number of allylic oxidation sites excluding steroid dienone is 18. The Balaban J connectivity index is 4.40. The average Bonchev–Trinajstić information content (AvgIpc) is 3.33. The smallest absolute Gasteiger partial charge is 0.306 e. The third-order valence-corrected chi connectivity index (χ3v) is 11.2. The van der Waals surface area contributed by atoms with Crippen LogP contribution in [0, 0.1) is 0 Å². The maximum atomic E-state index is 12.8. The first-order valence-electron chi connectivity index (χ1n) is 27.4. The van der Waals surface area contributed by atoms with E-state index in [0.29, 0.717) is 19.3 Å². The number of esters is 3. The standard InChI is InChI=1S/C61H100O6/c1-4-7-10-13-16-19-22-24-25-26-27-28-29-30-31-32-33-34-35-37-39-42-45-48-51-54-60(63)66-57-58(56-65-59(62)53-50-47-44-41-38-21-18-15-12-9-6-3)67-61(64)55-52-49-46-43-40-36-23-20-17-14-11-8-5-2/h7,10,15-16,18-20,23-25,27-28,30-31,33-34,37,39,58H,4-6,8-9,11-14,17,21-22,26,29,32,35-36,38,40-57H2,1-3H3/b10-7-,18-15-,19-16-,23-20-,25-24-,28-27-,31-30-,34-33-,39-37-. The van der Waals surface area contributed by atoms with Gasteiger partial charge in [-0.25, -0.2) is 0 Å². The largest absolute Gasteiger partial charge is 0.462 e. The molecule has 0 radical (unpaired) electrons. The molecule has 0 aromatic heterocycles. The van der Waals surface area contributed by atoms with E-state index in [4.69, 9.17) is 14.2 Å². The van der Waals surface area contributed by atoms with Crippen molar-refractivity contribution in [2.24, 2.45) is 0 Å². The second kappa shape index (κ2) is 54.7. The molecule has 0 rings (SSSR count). The molecule has 0 heterocycles. The van der Waals surface area contributed by atoms with Crippen LogP contribution in [0.25, 0.3) is 0 Å². The lowest BCUT2D eigenvalue weighted by atomic mass is 10.1. The van der Waals surface area contributed by atoms with Gasteiger partial charge in [-0.05, 0) is 122 Å². The Morgan fingerprint density at radius 3 is 0.985 bits per heavy atom. The minimum Gasteiger partial charge on any atom is -0.462 e. The van der Waals surface area contributed by atoms with Gasteiger partial charge in [-0.2, -0.15) is 0 Å². The first-order chi connectivity index (χ1) is 33.0. The van der Waals surface area contributed by atoms with Gasteiger partial charge in [-0.15, -0.1) is 0 Å². The van der Waals surface area contributed by atoms with Crippen molar-refractivity contribution in [2.75, 3.05) is 13.2 Å². The van der Waals surface area contributed by atoms with Gasteiger partial charge < -0.3 is 14.2 Å². The molecule has 6 nitrogen and oxygen atoms in total. The van der Waals surface area contributed by atoms with E-state index in [2.05, 4.69) is 130 Å². The zero-order valence-corrected chi connectivity index (χ0v) is 43.4. The van der Waals surface area contributed by atoms with E-state index in [9.17, 15) is 14.4 Å². The lowest BCUT2D eigenvalue weighted by Crippen LogP contribution is -2.30. The fraction of sp³-hybridized carbons (Fsp3) is 0.656. The highest BCUT2D eigenvalue weighted by atomic mass is 16.6.